The molecule has 0 saturated carbocycles. The monoisotopic (exact) mass is 657 g/mol. The number of ether oxygens (including phenoxy) is 2. The third-order valence-electron chi connectivity index (χ3n) is 7.77. The van der Waals surface area contributed by atoms with E-state index in [-0.39, 0.29) is 29.5 Å². The Balaban J connectivity index is 1.85. The lowest BCUT2D eigenvalue weighted by atomic mass is 10.0. The van der Waals surface area contributed by atoms with Crippen LogP contribution >= 0.6 is 0 Å². The topological polar surface area (TPSA) is 105 Å². The highest BCUT2D eigenvalue weighted by molar-refractivity contribution is 7.92. The van der Waals surface area contributed by atoms with Crippen molar-refractivity contribution in [2.45, 2.75) is 51.6 Å². The molecule has 1 N–H and O–H groups in total. The van der Waals surface area contributed by atoms with E-state index in [1.54, 1.807) is 12.1 Å². The average molecular weight is 658 g/mol. The molecule has 0 saturated heterocycles. The Morgan fingerprint density at radius 1 is 0.766 bits per heavy atom. The fraction of sp³-hybridized carbons (Fsp3) is 0.297. The summed E-state index contributed by atoms with van der Waals surface area (Å²) in [6.45, 7) is 7.45. The van der Waals surface area contributed by atoms with Crippen molar-refractivity contribution in [1.29, 1.82) is 0 Å². The highest BCUT2D eigenvalue weighted by atomic mass is 32.2. The van der Waals surface area contributed by atoms with Gasteiger partial charge in [-0.25, -0.2) is 8.42 Å². The summed E-state index contributed by atoms with van der Waals surface area (Å²) in [7, 11) is -1.42. The van der Waals surface area contributed by atoms with Crippen molar-refractivity contribution in [2.24, 2.45) is 0 Å². The maximum absolute atomic E-state index is 14.6. The zero-order chi connectivity index (χ0) is 34.1. The molecule has 0 aromatic heterocycles. The van der Waals surface area contributed by atoms with Gasteiger partial charge in [-0.1, -0.05) is 66.2 Å². The Labute approximate surface area is 278 Å². The quantitative estimate of drug-likeness (QED) is 0.189. The second-order valence-electron chi connectivity index (χ2n) is 11.5. The van der Waals surface area contributed by atoms with Crippen LogP contribution in [0.5, 0.6) is 11.5 Å². The van der Waals surface area contributed by atoms with Crippen LogP contribution in [0.1, 0.15) is 34.7 Å². The molecule has 4 rings (SSSR count). The van der Waals surface area contributed by atoms with E-state index in [4.69, 9.17) is 9.47 Å². The van der Waals surface area contributed by atoms with Crippen LogP contribution in [0.2, 0.25) is 0 Å². The molecule has 4 aromatic rings. The fourth-order valence-corrected chi connectivity index (χ4v) is 6.99. The number of hydrogen-bond donors (Lipinski definition) is 1. The first kappa shape index (κ1) is 35.0. The zero-order valence-electron chi connectivity index (χ0n) is 27.8. The van der Waals surface area contributed by atoms with E-state index in [2.05, 4.69) is 5.32 Å². The number of nitrogens with one attached hydrogen (secondary N) is 1. The van der Waals surface area contributed by atoms with E-state index in [1.807, 2.05) is 88.4 Å². The second-order valence-corrected chi connectivity index (χ2v) is 13.3. The summed E-state index contributed by atoms with van der Waals surface area (Å²) in [5, 5.41) is 2.89. The van der Waals surface area contributed by atoms with Crippen LogP contribution in [0.25, 0.3) is 0 Å². The number of amides is 2. The number of sulfonamides is 1. The number of aryl methyl sites for hydroxylation is 3. The van der Waals surface area contributed by atoms with Gasteiger partial charge in [0, 0.05) is 25.6 Å². The van der Waals surface area contributed by atoms with Crippen molar-refractivity contribution in [1.82, 2.24) is 10.2 Å². The molecule has 47 heavy (non-hydrogen) atoms. The standard InChI is InChI=1S/C37H43N3O6S/c1-7-38-37(42)33(22-29-13-9-8-10-14-29)39(24-30-15-11-12-26(2)19-30)36(41)25-40(31-20-27(3)18-28(4)21-31)47(43,44)32-16-17-34(45-5)35(23-32)46-6/h8-21,23,33H,7,22,24-25H2,1-6H3,(H,38,42)/t33-/m1/s1. The van der Waals surface area contributed by atoms with Crippen molar-refractivity contribution >= 4 is 27.5 Å². The molecular formula is C37H43N3O6S. The molecule has 1 atom stereocenters. The molecule has 0 spiro atoms. The summed E-state index contributed by atoms with van der Waals surface area (Å²) >= 11 is 0. The summed E-state index contributed by atoms with van der Waals surface area (Å²) in [5.74, 6) is -0.240. The van der Waals surface area contributed by atoms with Crippen LogP contribution in [0.4, 0.5) is 5.69 Å². The van der Waals surface area contributed by atoms with Crippen molar-refractivity contribution in [3.8, 4) is 11.5 Å². The van der Waals surface area contributed by atoms with Crippen molar-refractivity contribution < 1.29 is 27.5 Å². The highest BCUT2D eigenvalue weighted by Crippen LogP contribution is 2.33. The number of likely N-dealkylation sites (N-methyl/N-ethyl adjacent to an activating group) is 1. The number of carbonyl (C=O) groups is 2. The van der Waals surface area contributed by atoms with Crippen molar-refractivity contribution in [3.63, 3.8) is 0 Å². The molecule has 4 aromatic carbocycles. The third-order valence-corrected chi connectivity index (χ3v) is 9.54. The summed E-state index contributed by atoms with van der Waals surface area (Å²) < 4.78 is 40.8. The lowest BCUT2D eigenvalue weighted by Gasteiger charge is -2.34. The molecule has 0 aliphatic heterocycles. The van der Waals surface area contributed by atoms with Gasteiger partial charge in [0.2, 0.25) is 11.8 Å². The predicted molar refractivity (Wildman–Crippen MR) is 184 cm³/mol. The molecule has 0 aliphatic carbocycles. The molecule has 0 aliphatic rings. The van der Waals surface area contributed by atoms with Gasteiger partial charge in [-0.2, -0.15) is 0 Å². The summed E-state index contributed by atoms with van der Waals surface area (Å²) in [4.78, 5) is 29.7. The number of benzene rings is 4. The SMILES string of the molecule is CCNC(=O)[C@@H](Cc1ccccc1)N(Cc1cccc(C)c1)C(=O)CN(c1cc(C)cc(C)c1)S(=O)(=O)c1ccc(OC)c(OC)c1. The van der Waals surface area contributed by atoms with Crippen LogP contribution in [-0.4, -0.2) is 58.5 Å². The smallest absolute Gasteiger partial charge is 0.264 e. The predicted octanol–water partition coefficient (Wildman–Crippen LogP) is 5.60. The molecule has 0 radical (unpaired) electrons. The Morgan fingerprint density at radius 3 is 2.04 bits per heavy atom. The molecule has 2 amide bonds. The molecule has 0 fully saturated rings. The number of rotatable bonds is 14. The molecule has 0 bridgehead atoms. The first-order chi connectivity index (χ1) is 22.5. The van der Waals surface area contributed by atoms with Crippen molar-refractivity contribution in [2.75, 3.05) is 31.6 Å². The van der Waals surface area contributed by atoms with E-state index < -0.39 is 28.5 Å². The summed E-state index contributed by atoms with van der Waals surface area (Å²) in [5.41, 5.74) is 4.69. The first-order valence-corrected chi connectivity index (χ1v) is 16.9. The minimum Gasteiger partial charge on any atom is -0.493 e. The third kappa shape index (κ3) is 8.71. The minimum absolute atomic E-state index is 0.0723. The molecule has 10 heteroatoms. The summed E-state index contributed by atoms with van der Waals surface area (Å²) in [6, 6.07) is 26.0. The van der Waals surface area contributed by atoms with Crippen LogP contribution in [0.3, 0.4) is 0 Å². The van der Waals surface area contributed by atoms with Crippen molar-refractivity contribution in [3.05, 3.63) is 119 Å². The number of hydrogen-bond acceptors (Lipinski definition) is 6. The van der Waals surface area contributed by atoms with Gasteiger partial charge in [0.25, 0.3) is 10.0 Å². The Bertz CT molecular complexity index is 1790. The lowest BCUT2D eigenvalue weighted by molar-refractivity contribution is -0.140. The van der Waals surface area contributed by atoms with E-state index in [0.717, 1.165) is 32.1 Å². The fourth-order valence-electron chi connectivity index (χ4n) is 5.58. The van der Waals surface area contributed by atoms with Gasteiger partial charge in [0.05, 0.1) is 24.8 Å². The first-order valence-electron chi connectivity index (χ1n) is 15.5. The van der Waals surface area contributed by atoms with Gasteiger partial charge in [-0.3, -0.25) is 13.9 Å². The van der Waals surface area contributed by atoms with E-state index >= 15 is 0 Å². The molecular weight excluding hydrogens is 614 g/mol. The van der Waals surface area contributed by atoms with Gasteiger partial charge >= 0.3 is 0 Å². The van der Waals surface area contributed by atoms with Gasteiger partial charge in [-0.05, 0) is 74.2 Å². The minimum atomic E-state index is -4.32. The second kappa shape index (κ2) is 15.6. The number of methoxy groups -OCH3 is 2. The normalized spacial score (nSPS) is 11.8. The molecule has 0 unspecified atom stereocenters. The maximum Gasteiger partial charge on any atom is 0.264 e. The molecule has 9 nitrogen and oxygen atoms in total. The summed E-state index contributed by atoms with van der Waals surface area (Å²) in [6.07, 6.45) is 0.246. The number of carbonyl (C=O) groups excluding carboxylic acids is 2. The zero-order valence-corrected chi connectivity index (χ0v) is 28.6. The van der Waals surface area contributed by atoms with E-state index in [9.17, 15) is 18.0 Å². The van der Waals surface area contributed by atoms with Crippen LogP contribution in [-0.2, 0) is 32.6 Å². The number of anilines is 1. The van der Waals surface area contributed by atoms with Crippen LogP contribution in [0, 0.1) is 20.8 Å². The molecule has 248 valence electrons. The number of nitrogens with zero attached hydrogens (tertiary/aromatic N) is 2. The Hall–Kier alpha value is -4.83. The van der Waals surface area contributed by atoms with Gasteiger partial charge in [0.15, 0.2) is 11.5 Å². The largest absolute Gasteiger partial charge is 0.493 e. The Morgan fingerprint density at radius 2 is 1.43 bits per heavy atom. The average Bonchev–Trinajstić information content (AvgIpc) is 3.04. The highest BCUT2D eigenvalue weighted by Gasteiger charge is 2.35. The van der Waals surface area contributed by atoms with Gasteiger partial charge in [-0.15, -0.1) is 0 Å². The molecule has 0 heterocycles. The van der Waals surface area contributed by atoms with Crippen LogP contribution < -0.4 is 19.1 Å². The van der Waals surface area contributed by atoms with E-state index in [1.165, 1.54) is 37.3 Å². The van der Waals surface area contributed by atoms with Crippen LogP contribution in [0.15, 0.2) is 95.9 Å². The lowest BCUT2D eigenvalue weighted by Crippen LogP contribution is -2.53. The van der Waals surface area contributed by atoms with Gasteiger partial charge in [0.1, 0.15) is 12.6 Å². The Kier molecular flexibility index (Phi) is 11.7. The maximum atomic E-state index is 14.6. The van der Waals surface area contributed by atoms with Gasteiger partial charge < -0.3 is 19.7 Å². The van der Waals surface area contributed by atoms with E-state index in [0.29, 0.717) is 18.0 Å².